The van der Waals surface area contributed by atoms with Gasteiger partial charge in [0.2, 0.25) is 0 Å². The van der Waals surface area contributed by atoms with Crippen LogP contribution in [0.25, 0.3) is 0 Å². The number of hydrogen-bond acceptors (Lipinski definition) is 4. The van der Waals surface area contributed by atoms with E-state index in [9.17, 15) is 9.59 Å². The summed E-state index contributed by atoms with van der Waals surface area (Å²) in [5, 5.41) is 3.11. The van der Waals surface area contributed by atoms with Crippen LogP contribution in [0.1, 0.15) is 13.8 Å². The molecule has 1 atom stereocenters. The van der Waals surface area contributed by atoms with E-state index in [2.05, 4.69) is 5.32 Å². The number of likely N-dealkylation sites (N-methyl/N-ethyl adjacent to an activating group) is 1. The summed E-state index contributed by atoms with van der Waals surface area (Å²) in [5.74, 6) is 0. The monoisotopic (exact) mass is 255 g/mol. The molecule has 102 valence electrons. The molecule has 1 aromatic heterocycles. The van der Waals surface area contributed by atoms with Gasteiger partial charge in [0.25, 0.3) is 0 Å². The van der Waals surface area contributed by atoms with Crippen LogP contribution in [0, 0.1) is 0 Å². The van der Waals surface area contributed by atoms with Crippen LogP contribution in [0.2, 0.25) is 0 Å². The van der Waals surface area contributed by atoms with Crippen LogP contribution >= 0.6 is 0 Å². The maximum Gasteiger partial charge on any atom is 0.316 e. The van der Waals surface area contributed by atoms with Gasteiger partial charge < -0.3 is 19.2 Å². The second-order valence-corrected chi connectivity index (χ2v) is 4.82. The van der Waals surface area contributed by atoms with Gasteiger partial charge in [-0.2, -0.15) is 0 Å². The van der Waals surface area contributed by atoms with Crippen LogP contribution in [-0.2, 0) is 18.3 Å². The predicted octanol–water partition coefficient (Wildman–Crippen LogP) is -0.440. The molecule has 0 saturated heterocycles. The number of aryl methyl sites for hydroxylation is 1. The van der Waals surface area contributed by atoms with E-state index in [-0.39, 0.29) is 6.04 Å². The molecule has 0 spiro atoms. The van der Waals surface area contributed by atoms with E-state index >= 15 is 0 Å². The number of methoxy groups -OCH3 is 1. The molecule has 1 aromatic rings. The number of hydrogen-bond donors (Lipinski definition) is 1. The first-order valence-corrected chi connectivity index (χ1v) is 5.82. The summed E-state index contributed by atoms with van der Waals surface area (Å²) in [6, 6.07) is -0.0766. The van der Waals surface area contributed by atoms with Gasteiger partial charge in [-0.15, -0.1) is 0 Å². The highest BCUT2D eigenvalue weighted by molar-refractivity contribution is 4.90. The molecule has 0 aliphatic rings. The maximum atomic E-state index is 11.8. The van der Waals surface area contributed by atoms with Crippen LogP contribution in [0.5, 0.6) is 0 Å². The average Bonchev–Trinajstić information content (AvgIpc) is 2.35. The number of aromatic nitrogens is 2. The van der Waals surface area contributed by atoms with Crippen LogP contribution in [-0.4, -0.2) is 34.9 Å². The molecule has 0 amide bonds. The van der Waals surface area contributed by atoms with Crippen LogP contribution < -0.4 is 16.4 Å². The summed E-state index contributed by atoms with van der Waals surface area (Å²) in [5.41, 5.74) is -1.48. The lowest BCUT2D eigenvalue weighted by atomic mass is 9.98. The minimum Gasteiger partial charge on any atom is -0.377 e. The molecule has 0 saturated carbocycles. The van der Waals surface area contributed by atoms with Gasteiger partial charge in [0.05, 0.1) is 11.6 Å². The highest BCUT2D eigenvalue weighted by atomic mass is 16.5. The largest absolute Gasteiger partial charge is 0.377 e. The van der Waals surface area contributed by atoms with E-state index in [1.165, 1.54) is 9.13 Å². The fraction of sp³-hybridized carbons (Fsp3) is 0.667. The van der Waals surface area contributed by atoms with Crippen LogP contribution in [0.15, 0.2) is 22.0 Å². The third-order valence-corrected chi connectivity index (χ3v) is 3.33. The summed E-state index contributed by atoms with van der Waals surface area (Å²) in [6.07, 6.45) is 3.19. The Morgan fingerprint density at radius 3 is 2.44 bits per heavy atom. The van der Waals surface area contributed by atoms with Crippen molar-refractivity contribution in [1.29, 1.82) is 0 Å². The van der Waals surface area contributed by atoms with Crippen molar-refractivity contribution in [3.05, 3.63) is 33.1 Å². The van der Waals surface area contributed by atoms with Crippen LogP contribution in [0.3, 0.4) is 0 Å². The first kappa shape index (κ1) is 14.7. The molecular weight excluding hydrogens is 234 g/mol. The molecule has 1 unspecified atom stereocenters. The van der Waals surface area contributed by atoms with E-state index in [4.69, 9.17) is 4.74 Å². The molecule has 1 N–H and O–H groups in total. The van der Waals surface area contributed by atoms with Crippen molar-refractivity contribution in [2.75, 3.05) is 14.2 Å². The molecule has 0 aliphatic carbocycles. The Morgan fingerprint density at radius 2 is 1.94 bits per heavy atom. The standard InChI is InChI=1S/C12H21N3O3/c1-12(2,18-5)9(13-3)8-15-7-6-14(4)10(16)11(15)17/h6-7,9,13H,8H2,1-5H3. The number of nitrogens with zero attached hydrogens (tertiary/aromatic N) is 2. The SMILES string of the molecule is CNC(Cn1ccn(C)c(=O)c1=O)C(C)(C)OC. The third kappa shape index (κ3) is 2.88. The van der Waals surface area contributed by atoms with Crippen molar-refractivity contribution in [2.24, 2.45) is 7.05 Å². The highest BCUT2D eigenvalue weighted by Gasteiger charge is 2.28. The Labute approximate surface area is 106 Å². The zero-order valence-corrected chi connectivity index (χ0v) is 11.6. The van der Waals surface area contributed by atoms with Crippen molar-refractivity contribution in [3.8, 4) is 0 Å². The normalized spacial score (nSPS) is 13.6. The second kappa shape index (κ2) is 5.49. The fourth-order valence-corrected chi connectivity index (χ4v) is 1.73. The summed E-state index contributed by atoms with van der Waals surface area (Å²) >= 11 is 0. The minimum atomic E-state index is -0.525. The third-order valence-electron chi connectivity index (χ3n) is 3.33. The highest BCUT2D eigenvalue weighted by Crippen LogP contribution is 2.14. The quantitative estimate of drug-likeness (QED) is 0.724. The molecule has 0 radical (unpaired) electrons. The number of ether oxygens (including phenoxy) is 1. The minimum absolute atomic E-state index is 0.0766. The lowest BCUT2D eigenvalue weighted by molar-refractivity contribution is -0.0130. The molecule has 0 fully saturated rings. The Kier molecular flexibility index (Phi) is 4.48. The Morgan fingerprint density at radius 1 is 1.33 bits per heavy atom. The molecule has 0 aromatic carbocycles. The summed E-state index contributed by atoms with van der Waals surface area (Å²) in [4.78, 5) is 23.4. The molecular formula is C12H21N3O3. The van der Waals surface area contributed by atoms with Crippen molar-refractivity contribution >= 4 is 0 Å². The van der Waals surface area contributed by atoms with Gasteiger partial charge >= 0.3 is 11.1 Å². The van der Waals surface area contributed by atoms with E-state index in [1.807, 2.05) is 13.8 Å². The number of nitrogens with one attached hydrogen (secondary N) is 1. The first-order chi connectivity index (χ1) is 8.33. The summed E-state index contributed by atoms with van der Waals surface area (Å²) in [7, 11) is 4.98. The zero-order valence-electron chi connectivity index (χ0n) is 11.6. The Bertz CT molecular complexity index is 516. The van der Waals surface area contributed by atoms with Crippen molar-refractivity contribution in [2.45, 2.75) is 32.0 Å². The van der Waals surface area contributed by atoms with Gasteiger partial charge in [0, 0.05) is 33.1 Å². The van der Waals surface area contributed by atoms with E-state index < -0.39 is 16.7 Å². The van der Waals surface area contributed by atoms with Crippen molar-refractivity contribution in [1.82, 2.24) is 14.5 Å². The summed E-state index contributed by atoms with van der Waals surface area (Å²) in [6.45, 7) is 4.24. The van der Waals surface area contributed by atoms with E-state index in [1.54, 1.807) is 33.6 Å². The molecule has 1 heterocycles. The Hall–Kier alpha value is -1.40. The van der Waals surface area contributed by atoms with Gasteiger partial charge in [-0.1, -0.05) is 0 Å². The zero-order chi connectivity index (χ0) is 13.9. The van der Waals surface area contributed by atoms with E-state index in [0.717, 1.165) is 0 Å². The lowest BCUT2D eigenvalue weighted by Gasteiger charge is -2.33. The van der Waals surface area contributed by atoms with Gasteiger partial charge in [-0.25, -0.2) is 0 Å². The van der Waals surface area contributed by atoms with E-state index in [0.29, 0.717) is 6.54 Å². The number of rotatable bonds is 5. The molecule has 1 rings (SSSR count). The lowest BCUT2D eigenvalue weighted by Crippen LogP contribution is -2.52. The molecule has 6 nitrogen and oxygen atoms in total. The first-order valence-electron chi connectivity index (χ1n) is 5.82. The summed E-state index contributed by atoms with van der Waals surface area (Å²) < 4.78 is 8.08. The van der Waals surface area contributed by atoms with Crippen molar-refractivity contribution in [3.63, 3.8) is 0 Å². The van der Waals surface area contributed by atoms with Gasteiger partial charge in [-0.05, 0) is 20.9 Å². The average molecular weight is 255 g/mol. The fourth-order valence-electron chi connectivity index (χ4n) is 1.73. The Balaban J connectivity index is 3.08. The van der Waals surface area contributed by atoms with Gasteiger partial charge in [0.15, 0.2) is 0 Å². The van der Waals surface area contributed by atoms with Gasteiger partial charge in [0.1, 0.15) is 0 Å². The molecule has 18 heavy (non-hydrogen) atoms. The molecule has 0 aliphatic heterocycles. The topological polar surface area (TPSA) is 65.3 Å². The molecule has 0 bridgehead atoms. The molecule has 6 heteroatoms. The van der Waals surface area contributed by atoms with Crippen molar-refractivity contribution < 1.29 is 4.74 Å². The predicted molar refractivity (Wildman–Crippen MR) is 69.9 cm³/mol. The van der Waals surface area contributed by atoms with Gasteiger partial charge in [-0.3, -0.25) is 9.59 Å². The smallest absolute Gasteiger partial charge is 0.316 e. The van der Waals surface area contributed by atoms with Crippen LogP contribution in [0.4, 0.5) is 0 Å². The maximum absolute atomic E-state index is 11.8. The second-order valence-electron chi connectivity index (χ2n) is 4.82.